The van der Waals surface area contributed by atoms with Crippen LogP contribution < -0.4 is 9.62 Å². The second-order valence-electron chi connectivity index (χ2n) is 6.57. The largest absolute Gasteiger partial charge is 0.378 e. The van der Waals surface area contributed by atoms with Crippen LogP contribution >= 0.6 is 11.9 Å². The molecule has 136 valence electrons. The zero-order chi connectivity index (χ0) is 17.9. The molecule has 1 aliphatic rings. The van der Waals surface area contributed by atoms with Crippen molar-refractivity contribution in [1.29, 1.82) is 0 Å². The molecule has 1 N–H and O–H groups in total. The maximum atomic E-state index is 5.49. The minimum Gasteiger partial charge on any atom is -0.378 e. The Labute approximate surface area is 157 Å². The van der Waals surface area contributed by atoms with Crippen molar-refractivity contribution in [2.24, 2.45) is 0 Å². The lowest BCUT2D eigenvalue weighted by atomic mass is 10.1. The van der Waals surface area contributed by atoms with Crippen LogP contribution in [0.3, 0.4) is 0 Å². The quantitative estimate of drug-likeness (QED) is 0.687. The van der Waals surface area contributed by atoms with E-state index in [0.717, 1.165) is 47.9 Å². The monoisotopic (exact) mass is 369 g/mol. The minimum atomic E-state index is 0.375. The fraction of sp³-hybridized carbons (Fsp3) is 0.368. The zero-order valence-corrected chi connectivity index (χ0v) is 15.9. The van der Waals surface area contributed by atoms with Gasteiger partial charge < -0.3 is 18.9 Å². The third kappa shape index (κ3) is 3.37. The lowest BCUT2D eigenvalue weighted by Gasteiger charge is -2.30. The summed E-state index contributed by atoms with van der Waals surface area (Å²) in [6.45, 7) is 7.69. The van der Waals surface area contributed by atoms with Crippen molar-refractivity contribution in [2.75, 3.05) is 35.9 Å². The van der Waals surface area contributed by atoms with Crippen molar-refractivity contribution >= 4 is 34.2 Å². The molecule has 0 aliphatic carbocycles. The molecule has 0 unspecified atom stereocenters. The summed E-state index contributed by atoms with van der Waals surface area (Å²) >= 11 is 1.57. The fourth-order valence-corrected chi connectivity index (χ4v) is 4.04. The summed E-state index contributed by atoms with van der Waals surface area (Å²) in [5, 5.41) is 2.25. The van der Waals surface area contributed by atoms with E-state index in [1.54, 1.807) is 11.9 Å². The van der Waals surface area contributed by atoms with E-state index in [4.69, 9.17) is 4.74 Å². The first kappa shape index (κ1) is 17.2. The summed E-state index contributed by atoms with van der Waals surface area (Å²) < 4.78 is 11.1. The summed E-state index contributed by atoms with van der Waals surface area (Å²) in [6.07, 6.45) is 5.60. The molecule has 1 aromatic carbocycles. The lowest BCUT2D eigenvalue weighted by molar-refractivity contribution is 0.123. The van der Waals surface area contributed by atoms with Crippen LogP contribution in [0.15, 0.2) is 48.0 Å². The fourth-order valence-electron chi connectivity index (χ4n) is 3.19. The van der Waals surface area contributed by atoms with Gasteiger partial charge in [-0.1, -0.05) is 0 Å². The van der Waals surface area contributed by atoms with Gasteiger partial charge in [0, 0.05) is 48.3 Å². The number of benzene rings is 1. The van der Waals surface area contributed by atoms with Crippen LogP contribution in [0.1, 0.15) is 19.9 Å². The second kappa shape index (κ2) is 7.55. The molecule has 0 saturated carbocycles. The van der Waals surface area contributed by atoms with Crippen molar-refractivity contribution in [3.8, 4) is 0 Å². The van der Waals surface area contributed by atoms with E-state index in [1.165, 1.54) is 5.69 Å². The molecule has 3 aromatic rings. The smallest absolute Gasteiger partial charge is 0.116 e. The van der Waals surface area contributed by atoms with Crippen molar-refractivity contribution in [3.05, 3.63) is 43.0 Å². The van der Waals surface area contributed by atoms with Crippen LogP contribution in [0.4, 0.5) is 11.4 Å². The van der Waals surface area contributed by atoms with Crippen LogP contribution in [-0.2, 0) is 4.74 Å². The topological polar surface area (TPSA) is 55.2 Å². The van der Waals surface area contributed by atoms with Crippen molar-refractivity contribution in [2.45, 2.75) is 24.9 Å². The van der Waals surface area contributed by atoms with Gasteiger partial charge in [0.2, 0.25) is 0 Å². The maximum Gasteiger partial charge on any atom is 0.116 e. The minimum absolute atomic E-state index is 0.375. The average Bonchev–Trinajstić information content (AvgIpc) is 3.16. The van der Waals surface area contributed by atoms with Gasteiger partial charge in [-0.15, -0.1) is 0 Å². The number of anilines is 2. The molecule has 26 heavy (non-hydrogen) atoms. The van der Waals surface area contributed by atoms with Gasteiger partial charge in [-0.3, -0.25) is 4.98 Å². The van der Waals surface area contributed by atoms with Crippen molar-refractivity contribution in [1.82, 2.24) is 14.5 Å². The predicted molar refractivity (Wildman–Crippen MR) is 107 cm³/mol. The molecule has 0 spiro atoms. The molecule has 0 radical (unpaired) electrons. The van der Waals surface area contributed by atoms with E-state index < -0.39 is 0 Å². The highest BCUT2D eigenvalue weighted by atomic mass is 32.2. The Bertz CT molecular complexity index is 889. The number of aromatic nitrogens is 3. The number of pyridine rings is 1. The molecule has 3 heterocycles. The number of hydrogen-bond donors (Lipinski definition) is 1. The number of imidazole rings is 1. The summed E-state index contributed by atoms with van der Waals surface area (Å²) in [6, 6.07) is 8.81. The van der Waals surface area contributed by atoms with Crippen molar-refractivity contribution in [3.63, 3.8) is 0 Å². The van der Waals surface area contributed by atoms with E-state index in [1.807, 2.05) is 24.8 Å². The number of morpholine rings is 1. The van der Waals surface area contributed by atoms with Crippen LogP contribution in [0.5, 0.6) is 0 Å². The molecule has 1 fully saturated rings. The molecule has 7 heteroatoms. The van der Waals surface area contributed by atoms with Crippen LogP contribution in [0.25, 0.3) is 10.9 Å². The molecule has 0 bridgehead atoms. The number of fused-ring (bicyclic) bond motifs is 1. The van der Waals surface area contributed by atoms with Crippen LogP contribution in [-0.4, -0.2) is 40.8 Å². The Morgan fingerprint density at radius 2 is 2.04 bits per heavy atom. The van der Waals surface area contributed by atoms with E-state index in [0.29, 0.717) is 6.04 Å². The molecular formula is C19H23N5OS. The normalized spacial score (nSPS) is 15.0. The van der Waals surface area contributed by atoms with Crippen LogP contribution in [0.2, 0.25) is 0 Å². The van der Waals surface area contributed by atoms with E-state index in [2.05, 4.69) is 56.2 Å². The lowest BCUT2D eigenvalue weighted by Crippen LogP contribution is -2.36. The third-order valence-electron chi connectivity index (χ3n) is 4.55. The Kier molecular flexibility index (Phi) is 4.99. The standard InChI is InChI=1S/C19H23N5OS/c1-14(2)24-13-20-12-18(24)26-22-16-5-6-17(23-8-10-25-11-9-23)15-4-3-7-21-19(15)16/h3-7,12-14,22H,8-11H2,1-2H3. The summed E-state index contributed by atoms with van der Waals surface area (Å²) in [5.74, 6) is 0. The Morgan fingerprint density at radius 3 is 2.85 bits per heavy atom. The highest BCUT2D eigenvalue weighted by Gasteiger charge is 2.16. The molecule has 1 aliphatic heterocycles. The Balaban J connectivity index is 1.63. The van der Waals surface area contributed by atoms with Gasteiger partial charge in [0.25, 0.3) is 0 Å². The maximum absolute atomic E-state index is 5.49. The predicted octanol–water partition coefficient (Wildman–Crippen LogP) is 3.97. The average molecular weight is 369 g/mol. The van der Waals surface area contributed by atoms with Gasteiger partial charge in [0.15, 0.2) is 0 Å². The van der Waals surface area contributed by atoms with Gasteiger partial charge in [0.1, 0.15) is 5.03 Å². The SMILES string of the molecule is CC(C)n1cncc1SNc1ccc(N2CCOCC2)c2cccnc12. The van der Waals surface area contributed by atoms with E-state index in [9.17, 15) is 0 Å². The molecule has 4 rings (SSSR count). The van der Waals surface area contributed by atoms with Crippen molar-refractivity contribution < 1.29 is 4.74 Å². The van der Waals surface area contributed by atoms with Gasteiger partial charge in [-0.05, 0) is 38.1 Å². The first-order chi connectivity index (χ1) is 12.7. The highest BCUT2D eigenvalue weighted by Crippen LogP contribution is 2.33. The summed E-state index contributed by atoms with van der Waals surface area (Å²) in [4.78, 5) is 11.3. The molecule has 1 saturated heterocycles. The number of ether oxygens (including phenoxy) is 1. The first-order valence-corrected chi connectivity index (χ1v) is 9.71. The van der Waals surface area contributed by atoms with Gasteiger partial charge in [-0.25, -0.2) is 4.98 Å². The van der Waals surface area contributed by atoms with Crippen LogP contribution in [0, 0.1) is 0 Å². The summed E-state index contributed by atoms with van der Waals surface area (Å²) in [5.41, 5.74) is 3.22. The zero-order valence-electron chi connectivity index (χ0n) is 15.1. The number of nitrogens with one attached hydrogen (secondary N) is 1. The van der Waals surface area contributed by atoms with Gasteiger partial charge >= 0.3 is 0 Å². The molecular weight excluding hydrogens is 346 g/mol. The molecule has 0 amide bonds. The molecule has 6 nitrogen and oxygen atoms in total. The Morgan fingerprint density at radius 1 is 1.19 bits per heavy atom. The number of hydrogen-bond acceptors (Lipinski definition) is 6. The second-order valence-corrected chi connectivity index (χ2v) is 7.39. The number of nitrogens with zero attached hydrogens (tertiary/aromatic N) is 4. The van der Waals surface area contributed by atoms with Gasteiger partial charge in [-0.2, -0.15) is 0 Å². The molecule has 2 aromatic heterocycles. The summed E-state index contributed by atoms with van der Waals surface area (Å²) in [7, 11) is 0. The van der Waals surface area contributed by atoms with E-state index in [-0.39, 0.29) is 0 Å². The third-order valence-corrected chi connectivity index (χ3v) is 5.40. The first-order valence-electron chi connectivity index (χ1n) is 8.89. The Hall–Kier alpha value is -2.25. The number of rotatable bonds is 5. The highest BCUT2D eigenvalue weighted by molar-refractivity contribution is 8.00. The molecule has 0 atom stereocenters. The van der Waals surface area contributed by atoms with Gasteiger partial charge in [0.05, 0.1) is 36.9 Å². The van der Waals surface area contributed by atoms with E-state index >= 15 is 0 Å².